The molecule has 1 N–H and O–H groups in total. The highest BCUT2D eigenvalue weighted by Gasteiger charge is 2.35. The third-order valence-electron chi connectivity index (χ3n) is 5.49. The molecule has 0 radical (unpaired) electrons. The molecule has 1 aliphatic rings. The van der Waals surface area contributed by atoms with Crippen molar-refractivity contribution >= 4 is 23.2 Å². The number of ether oxygens (including phenoxy) is 1. The molecule has 2 aromatic carbocycles. The molecule has 2 amide bonds. The van der Waals surface area contributed by atoms with Crippen molar-refractivity contribution in [3.05, 3.63) is 76.5 Å². The van der Waals surface area contributed by atoms with Crippen molar-refractivity contribution in [2.75, 3.05) is 13.2 Å². The Morgan fingerprint density at radius 3 is 2.76 bits per heavy atom. The maximum atomic E-state index is 14.0. The van der Waals surface area contributed by atoms with Gasteiger partial charge < -0.3 is 14.6 Å². The first kappa shape index (κ1) is 23.9. The van der Waals surface area contributed by atoms with E-state index in [0.29, 0.717) is 52.8 Å². The van der Waals surface area contributed by atoms with Crippen LogP contribution in [0.1, 0.15) is 44.7 Å². The summed E-state index contributed by atoms with van der Waals surface area (Å²) in [6, 6.07) is 12.3. The van der Waals surface area contributed by atoms with Gasteiger partial charge in [0.25, 0.3) is 5.89 Å². The van der Waals surface area contributed by atoms with Crippen molar-refractivity contribution in [1.82, 2.24) is 20.4 Å². The van der Waals surface area contributed by atoms with Crippen LogP contribution in [0, 0.1) is 5.82 Å². The molecule has 7 nitrogen and oxygen atoms in total. The molecule has 34 heavy (non-hydrogen) atoms. The fraction of sp³-hybridized carbons (Fsp3) is 0.320. The molecular weight excluding hydrogens is 459 g/mol. The zero-order valence-electron chi connectivity index (χ0n) is 19.2. The van der Waals surface area contributed by atoms with Gasteiger partial charge in [0, 0.05) is 29.4 Å². The molecule has 9 heteroatoms. The van der Waals surface area contributed by atoms with Gasteiger partial charge in [0.2, 0.25) is 5.82 Å². The van der Waals surface area contributed by atoms with Crippen molar-refractivity contribution < 1.29 is 18.4 Å². The summed E-state index contributed by atoms with van der Waals surface area (Å²) in [7, 11) is 0. The van der Waals surface area contributed by atoms with Crippen molar-refractivity contribution in [1.29, 1.82) is 0 Å². The molecule has 0 spiro atoms. The lowest BCUT2D eigenvalue weighted by atomic mass is 9.94. The second-order valence-corrected chi connectivity index (χ2v) is 8.73. The molecule has 3 aromatic rings. The summed E-state index contributed by atoms with van der Waals surface area (Å²) in [5.74, 6) is 0.205. The standard InChI is InChI=1S/C25H26ClFN4O3/c1-15(2)33-12-6-11-31-16(3)21(22(28-25(31)32)17-7-5-10-20(27)14-17)24-29-23(30-34-24)18-8-4-9-19(26)13-18/h4-5,7-10,13-15,22H,6,11-12H2,1-3H3,(H,28,32). The summed E-state index contributed by atoms with van der Waals surface area (Å²) in [5.41, 5.74) is 2.54. The smallest absolute Gasteiger partial charge is 0.322 e. The number of urea groups is 1. The third kappa shape index (κ3) is 5.29. The highest BCUT2D eigenvalue weighted by molar-refractivity contribution is 6.30. The summed E-state index contributed by atoms with van der Waals surface area (Å²) in [4.78, 5) is 19.2. The first-order chi connectivity index (χ1) is 16.3. The largest absolute Gasteiger partial charge is 0.379 e. The second kappa shape index (κ2) is 10.4. The van der Waals surface area contributed by atoms with Crippen molar-refractivity contribution in [2.45, 2.75) is 39.3 Å². The number of carbonyl (C=O) groups is 1. The summed E-state index contributed by atoms with van der Waals surface area (Å²) in [6.45, 7) is 6.73. The number of halogens is 2. The van der Waals surface area contributed by atoms with Crippen molar-refractivity contribution in [2.24, 2.45) is 0 Å². The number of allylic oxidation sites excluding steroid dienone is 1. The average molecular weight is 485 g/mol. The van der Waals surface area contributed by atoms with Crippen LogP contribution in [0.3, 0.4) is 0 Å². The summed E-state index contributed by atoms with van der Waals surface area (Å²) >= 11 is 6.11. The SMILES string of the molecule is CC1=C(c2nc(-c3cccc(Cl)c3)no2)C(c2cccc(F)c2)NC(=O)N1CCCOC(C)C. The molecule has 0 saturated heterocycles. The number of hydrogen-bond acceptors (Lipinski definition) is 5. The second-order valence-electron chi connectivity index (χ2n) is 8.29. The zero-order chi connectivity index (χ0) is 24.2. The predicted molar refractivity (Wildman–Crippen MR) is 127 cm³/mol. The van der Waals surface area contributed by atoms with Gasteiger partial charge in [-0.1, -0.05) is 41.0 Å². The van der Waals surface area contributed by atoms with E-state index in [-0.39, 0.29) is 18.0 Å². The molecule has 178 valence electrons. The van der Waals surface area contributed by atoms with Crippen molar-refractivity contribution in [3.8, 4) is 11.4 Å². The number of nitrogens with zero attached hydrogens (tertiary/aromatic N) is 3. The van der Waals surface area contributed by atoms with Gasteiger partial charge in [-0.3, -0.25) is 4.90 Å². The van der Waals surface area contributed by atoms with Crippen LogP contribution in [0.5, 0.6) is 0 Å². The number of aromatic nitrogens is 2. The predicted octanol–water partition coefficient (Wildman–Crippen LogP) is 5.84. The maximum Gasteiger partial charge on any atom is 0.322 e. The van der Waals surface area contributed by atoms with Crippen LogP contribution in [0.15, 0.2) is 58.8 Å². The molecule has 1 unspecified atom stereocenters. The minimum Gasteiger partial charge on any atom is -0.379 e. The molecule has 1 aromatic heterocycles. The van der Waals surface area contributed by atoms with E-state index in [2.05, 4.69) is 15.5 Å². The van der Waals surface area contributed by atoms with Gasteiger partial charge in [-0.25, -0.2) is 9.18 Å². The zero-order valence-corrected chi connectivity index (χ0v) is 20.0. The molecular formula is C25H26ClFN4O3. The molecule has 0 aliphatic carbocycles. The van der Waals surface area contributed by atoms with E-state index in [1.807, 2.05) is 26.8 Å². The third-order valence-corrected chi connectivity index (χ3v) is 5.73. The molecule has 4 rings (SSSR count). The lowest BCUT2D eigenvalue weighted by Crippen LogP contribution is -2.46. The van der Waals surface area contributed by atoms with E-state index in [1.165, 1.54) is 12.1 Å². The quantitative estimate of drug-likeness (QED) is 0.406. The van der Waals surface area contributed by atoms with Gasteiger partial charge in [0.05, 0.1) is 17.7 Å². The van der Waals surface area contributed by atoms with Gasteiger partial charge in [0.1, 0.15) is 5.82 Å². The Labute approximate surface area is 202 Å². The van der Waals surface area contributed by atoms with Crippen LogP contribution in [0.4, 0.5) is 9.18 Å². The lowest BCUT2D eigenvalue weighted by molar-refractivity contribution is 0.0736. The summed E-state index contributed by atoms with van der Waals surface area (Å²) in [5, 5.41) is 7.64. The first-order valence-electron chi connectivity index (χ1n) is 11.1. The van der Waals surface area contributed by atoms with Gasteiger partial charge >= 0.3 is 6.03 Å². The lowest BCUT2D eigenvalue weighted by Gasteiger charge is -2.35. The monoisotopic (exact) mass is 484 g/mol. The Morgan fingerprint density at radius 2 is 2.03 bits per heavy atom. The molecule has 0 fully saturated rings. The maximum absolute atomic E-state index is 14.0. The van der Waals surface area contributed by atoms with E-state index in [0.717, 1.165) is 0 Å². The molecule has 0 bridgehead atoms. The normalized spacial score (nSPS) is 16.4. The topological polar surface area (TPSA) is 80.5 Å². The van der Waals surface area contributed by atoms with Crippen LogP contribution in [-0.2, 0) is 4.74 Å². The number of carbonyl (C=O) groups excluding carboxylic acids is 1. The van der Waals surface area contributed by atoms with E-state index in [4.69, 9.17) is 20.9 Å². The van der Waals surface area contributed by atoms with Crippen LogP contribution in [-0.4, -0.2) is 40.3 Å². The van der Waals surface area contributed by atoms with Gasteiger partial charge in [-0.2, -0.15) is 4.98 Å². The molecule has 1 atom stereocenters. The highest BCUT2D eigenvalue weighted by Crippen LogP contribution is 2.37. The van der Waals surface area contributed by atoms with E-state index in [1.54, 1.807) is 35.2 Å². The van der Waals surface area contributed by atoms with Crippen LogP contribution in [0.25, 0.3) is 17.0 Å². The van der Waals surface area contributed by atoms with Crippen LogP contribution in [0.2, 0.25) is 5.02 Å². The van der Waals surface area contributed by atoms with Gasteiger partial charge in [0.15, 0.2) is 0 Å². The Hall–Kier alpha value is -3.23. The summed E-state index contributed by atoms with van der Waals surface area (Å²) in [6.07, 6.45) is 0.765. The molecule has 0 saturated carbocycles. The average Bonchev–Trinajstić information content (AvgIpc) is 3.27. The number of nitrogens with one attached hydrogen (secondary N) is 1. The Bertz CT molecular complexity index is 1210. The Balaban J connectivity index is 1.72. The first-order valence-corrected chi connectivity index (χ1v) is 11.5. The number of hydrogen-bond donors (Lipinski definition) is 1. The number of amides is 2. The highest BCUT2D eigenvalue weighted by atomic mass is 35.5. The van der Waals surface area contributed by atoms with Crippen molar-refractivity contribution in [3.63, 3.8) is 0 Å². The number of benzene rings is 2. The Morgan fingerprint density at radius 1 is 1.24 bits per heavy atom. The van der Waals surface area contributed by atoms with E-state index in [9.17, 15) is 9.18 Å². The fourth-order valence-corrected chi connectivity index (χ4v) is 4.07. The van der Waals surface area contributed by atoms with E-state index < -0.39 is 11.9 Å². The fourth-order valence-electron chi connectivity index (χ4n) is 3.88. The van der Waals surface area contributed by atoms with Gasteiger partial charge in [-0.15, -0.1) is 0 Å². The minimum atomic E-state index is -0.654. The van der Waals surface area contributed by atoms with Crippen LogP contribution >= 0.6 is 11.6 Å². The van der Waals surface area contributed by atoms with Gasteiger partial charge in [-0.05, 0) is 57.0 Å². The van der Waals surface area contributed by atoms with E-state index >= 15 is 0 Å². The molecule has 1 aliphatic heterocycles. The summed E-state index contributed by atoms with van der Waals surface area (Å²) < 4.78 is 25.3. The van der Waals surface area contributed by atoms with Crippen LogP contribution < -0.4 is 5.32 Å². The Kier molecular flexibility index (Phi) is 7.29. The number of rotatable bonds is 8. The molecule has 2 heterocycles. The minimum absolute atomic E-state index is 0.114.